The number of hydrogen-bond acceptors (Lipinski definition) is 3. The van der Waals surface area contributed by atoms with Crippen LogP contribution in [0.4, 0.5) is 0 Å². The molecule has 0 spiro atoms. The van der Waals surface area contributed by atoms with Crippen LogP contribution in [0.1, 0.15) is 34.1 Å². The van der Waals surface area contributed by atoms with Crippen LogP contribution in [0.25, 0.3) is 10.9 Å². The molecule has 2 aromatic heterocycles. The van der Waals surface area contributed by atoms with E-state index in [1.54, 1.807) is 6.20 Å². The summed E-state index contributed by atoms with van der Waals surface area (Å²) in [7, 11) is 0. The molecule has 4 heteroatoms. The Bertz CT molecular complexity index is 875. The zero-order valence-corrected chi connectivity index (χ0v) is 14.2. The fourth-order valence-electron chi connectivity index (χ4n) is 2.93. The van der Waals surface area contributed by atoms with E-state index in [2.05, 4.69) is 15.3 Å². The van der Waals surface area contributed by atoms with Gasteiger partial charge in [0.25, 0.3) is 5.91 Å². The molecule has 122 valence electrons. The molecule has 0 aliphatic carbocycles. The highest BCUT2D eigenvalue weighted by Crippen LogP contribution is 2.21. The van der Waals surface area contributed by atoms with Gasteiger partial charge in [-0.3, -0.25) is 14.8 Å². The van der Waals surface area contributed by atoms with Gasteiger partial charge in [-0.2, -0.15) is 0 Å². The summed E-state index contributed by atoms with van der Waals surface area (Å²) in [4.78, 5) is 21.5. The normalized spacial score (nSPS) is 12.1. The van der Waals surface area contributed by atoms with E-state index in [9.17, 15) is 4.79 Å². The minimum Gasteiger partial charge on any atom is -0.349 e. The third-order valence-corrected chi connectivity index (χ3v) is 4.06. The lowest BCUT2D eigenvalue weighted by Gasteiger charge is -2.15. The minimum atomic E-state index is -0.0625. The third kappa shape index (κ3) is 3.43. The number of aromatic nitrogens is 2. The molecule has 0 aliphatic rings. The first-order chi connectivity index (χ1) is 11.5. The van der Waals surface area contributed by atoms with Crippen molar-refractivity contribution < 1.29 is 4.79 Å². The van der Waals surface area contributed by atoms with Gasteiger partial charge in [-0.05, 0) is 50.5 Å². The van der Waals surface area contributed by atoms with Crippen LogP contribution in [-0.2, 0) is 6.42 Å². The molecule has 3 aromatic rings. The number of carbonyl (C=O) groups excluding carboxylic acids is 1. The van der Waals surface area contributed by atoms with E-state index in [4.69, 9.17) is 0 Å². The number of nitrogens with one attached hydrogen (secondary N) is 1. The fourth-order valence-corrected chi connectivity index (χ4v) is 2.93. The lowest BCUT2D eigenvalue weighted by molar-refractivity contribution is 0.0941. The van der Waals surface area contributed by atoms with Gasteiger partial charge in [-0.25, -0.2) is 0 Å². The Labute approximate surface area is 142 Å². The lowest BCUT2D eigenvalue weighted by Crippen LogP contribution is -2.34. The molecule has 0 saturated heterocycles. The molecular weight excluding hydrogens is 298 g/mol. The number of aryl methyl sites for hydroxylation is 2. The molecule has 1 aromatic carbocycles. The average molecular weight is 319 g/mol. The van der Waals surface area contributed by atoms with Crippen LogP contribution in [0.5, 0.6) is 0 Å². The van der Waals surface area contributed by atoms with Gasteiger partial charge in [0.1, 0.15) is 0 Å². The SMILES string of the molecule is Cc1cc(C(=O)N[C@@H](C)Cc2cccnc2)c2cccc(C)c2n1. The zero-order valence-electron chi connectivity index (χ0n) is 14.2. The first-order valence-corrected chi connectivity index (χ1v) is 8.11. The second-order valence-electron chi connectivity index (χ2n) is 6.22. The zero-order chi connectivity index (χ0) is 17.1. The van der Waals surface area contributed by atoms with Gasteiger partial charge < -0.3 is 5.32 Å². The number of fused-ring (bicyclic) bond motifs is 1. The average Bonchev–Trinajstić information content (AvgIpc) is 2.56. The van der Waals surface area contributed by atoms with Crippen molar-refractivity contribution in [2.45, 2.75) is 33.2 Å². The predicted molar refractivity (Wildman–Crippen MR) is 96.1 cm³/mol. The van der Waals surface area contributed by atoms with E-state index in [0.29, 0.717) is 5.56 Å². The molecule has 0 saturated carbocycles. The van der Waals surface area contributed by atoms with E-state index >= 15 is 0 Å². The minimum absolute atomic E-state index is 0.0232. The second kappa shape index (κ2) is 6.79. The van der Waals surface area contributed by atoms with Gasteiger partial charge in [-0.1, -0.05) is 24.3 Å². The topological polar surface area (TPSA) is 54.9 Å². The Morgan fingerprint density at radius 1 is 1.21 bits per heavy atom. The van der Waals surface area contributed by atoms with Crippen LogP contribution in [0.15, 0.2) is 48.8 Å². The second-order valence-corrected chi connectivity index (χ2v) is 6.22. The molecule has 1 N–H and O–H groups in total. The molecule has 0 aliphatic heterocycles. The van der Waals surface area contributed by atoms with Gasteiger partial charge in [0.05, 0.1) is 11.1 Å². The number of carbonyl (C=O) groups is 1. The van der Waals surface area contributed by atoms with Gasteiger partial charge in [-0.15, -0.1) is 0 Å². The van der Waals surface area contributed by atoms with Crippen molar-refractivity contribution >= 4 is 16.8 Å². The van der Waals surface area contributed by atoms with E-state index in [1.165, 1.54) is 0 Å². The first-order valence-electron chi connectivity index (χ1n) is 8.11. The van der Waals surface area contributed by atoms with Crippen LogP contribution < -0.4 is 5.32 Å². The highest BCUT2D eigenvalue weighted by molar-refractivity contribution is 6.06. The molecular formula is C20H21N3O. The van der Waals surface area contributed by atoms with Crippen LogP contribution >= 0.6 is 0 Å². The predicted octanol–water partition coefficient (Wildman–Crippen LogP) is 3.61. The first kappa shape index (κ1) is 16.1. The molecule has 3 rings (SSSR count). The monoisotopic (exact) mass is 319 g/mol. The third-order valence-electron chi connectivity index (χ3n) is 4.06. The number of hydrogen-bond donors (Lipinski definition) is 1. The molecule has 4 nitrogen and oxygen atoms in total. The Morgan fingerprint density at radius 2 is 2.04 bits per heavy atom. The van der Waals surface area contributed by atoms with Crippen molar-refractivity contribution in [1.29, 1.82) is 0 Å². The molecule has 0 fully saturated rings. The number of nitrogens with zero attached hydrogens (tertiary/aromatic N) is 2. The standard InChI is InChI=1S/C20H21N3O/c1-13-6-4-8-17-18(11-15(3)22-19(13)17)20(24)23-14(2)10-16-7-5-9-21-12-16/h4-9,11-12,14H,10H2,1-3H3,(H,23,24)/t14-/m0/s1. The van der Waals surface area contributed by atoms with Gasteiger partial charge >= 0.3 is 0 Å². The summed E-state index contributed by atoms with van der Waals surface area (Å²) in [6, 6.07) is 11.7. The van der Waals surface area contributed by atoms with Gasteiger partial charge in [0.2, 0.25) is 0 Å². The van der Waals surface area contributed by atoms with E-state index in [-0.39, 0.29) is 11.9 Å². The molecule has 24 heavy (non-hydrogen) atoms. The Balaban J connectivity index is 1.85. The van der Waals surface area contributed by atoms with Crippen molar-refractivity contribution in [3.63, 3.8) is 0 Å². The number of amides is 1. The Kier molecular flexibility index (Phi) is 4.56. The highest BCUT2D eigenvalue weighted by atomic mass is 16.1. The lowest BCUT2D eigenvalue weighted by atomic mass is 10.0. The van der Waals surface area contributed by atoms with Crippen LogP contribution in [0.2, 0.25) is 0 Å². The number of pyridine rings is 2. The maximum absolute atomic E-state index is 12.8. The number of rotatable bonds is 4. The quantitative estimate of drug-likeness (QED) is 0.799. The Hall–Kier alpha value is -2.75. The maximum Gasteiger partial charge on any atom is 0.252 e. The smallest absolute Gasteiger partial charge is 0.252 e. The van der Waals surface area contributed by atoms with Gasteiger partial charge in [0.15, 0.2) is 0 Å². The molecule has 1 amide bonds. The summed E-state index contributed by atoms with van der Waals surface area (Å²) >= 11 is 0. The van der Waals surface area contributed by atoms with E-state index in [0.717, 1.165) is 34.1 Å². The van der Waals surface area contributed by atoms with E-state index in [1.807, 2.05) is 63.4 Å². The molecule has 1 atom stereocenters. The fraction of sp³-hybridized carbons (Fsp3) is 0.250. The Morgan fingerprint density at radius 3 is 2.79 bits per heavy atom. The summed E-state index contributed by atoms with van der Waals surface area (Å²) in [5.41, 5.74) is 4.61. The summed E-state index contributed by atoms with van der Waals surface area (Å²) < 4.78 is 0. The molecule has 0 bridgehead atoms. The molecule has 0 unspecified atom stereocenters. The highest BCUT2D eigenvalue weighted by Gasteiger charge is 2.15. The van der Waals surface area contributed by atoms with Crippen molar-refractivity contribution in [1.82, 2.24) is 15.3 Å². The van der Waals surface area contributed by atoms with Crippen molar-refractivity contribution in [3.8, 4) is 0 Å². The maximum atomic E-state index is 12.8. The summed E-state index contributed by atoms with van der Waals surface area (Å²) in [6.07, 6.45) is 4.33. The van der Waals surface area contributed by atoms with Crippen molar-refractivity contribution in [2.75, 3.05) is 0 Å². The van der Waals surface area contributed by atoms with Crippen LogP contribution in [0.3, 0.4) is 0 Å². The number of para-hydroxylation sites is 1. The van der Waals surface area contributed by atoms with Crippen molar-refractivity contribution in [2.24, 2.45) is 0 Å². The van der Waals surface area contributed by atoms with Gasteiger partial charge in [0, 0.05) is 29.5 Å². The number of benzene rings is 1. The summed E-state index contributed by atoms with van der Waals surface area (Å²) in [6.45, 7) is 5.94. The largest absolute Gasteiger partial charge is 0.349 e. The van der Waals surface area contributed by atoms with Crippen LogP contribution in [0, 0.1) is 13.8 Å². The molecule has 2 heterocycles. The summed E-state index contributed by atoms with van der Waals surface area (Å²) in [5.74, 6) is -0.0625. The molecule has 0 radical (unpaired) electrons. The summed E-state index contributed by atoms with van der Waals surface area (Å²) in [5, 5.41) is 3.98. The van der Waals surface area contributed by atoms with E-state index < -0.39 is 0 Å². The van der Waals surface area contributed by atoms with Crippen LogP contribution in [-0.4, -0.2) is 21.9 Å². The van der Waals surface area contributed by atoms with Crippen molar-refractivity contribution in [3.05, 3.63) is 71.2 Å².